The number of aromatic amines is 3. The van der Waals surface area contributed by atoms with Gasteiger partial charge in [-0.25, -0.2) is 47.5 Å². The molecule has 3 amide bonds. The number of carbonyl (C=O) groups excluding carboxylic acids is 3. The molecule has 0 saturated carbocycles. The summed E-state index contributed by atoms with van der Waals surface area (Å²) in [7, 11) is 4.04. The number of aromatic nitrogens is 9. The Morgan fingerprint density at radius 1 is 0.442 bits per heavy atom. The smallest absolute Gasteiger partial charge is 0.418 e. The number of hydrogen-bond acceptors (Lipinski definition) is 22. The number of piperazine rings is 3. The van der Waals surface area contributed by atoms with E-state index in [9.17, 15) is 32.7 Å². The van der Waals surface area contributed by atoms with E-state index in [0.29, 0.717) is 121 Å². The minimum atomic E-state index is -4.61. The number of likely N-dealkylation sites (N-methyl/N-ethyl adjacent to an activating group) is 2. The molecule has 0 atom stereocenters. The molecular weight excluding hydrogens is 1560 g/mol. The van der Waals surface area contributed by atoms with Crippen molar-refractivity contribution in [3.8, 4) is 34.9 Å². The van der Waals surface area contributed by atoms with E-state index in [1.165, 1.54) is 49.1 Å². The highest BCUT2D eigenvalue weighted by Crippen LogP contribution is 2.43. The first-order chi connectivity index (χ1) is 58.0. The molecule has 0 spiro atoms. The third kappa shape index (κ3) is 17.2. The molecule has 0 aliphatic carbocycles. The second kappa shape index (κ2) is 34.6. The molecule has 35 heteroatoms. The number of ether oxygens (including phenoxy) is 3. The zero-order valence-corrected chi connectivity index (χ0v) is 66.5. The number of hydrogen-bond donors (Lipinski definition) is 8. The third-order valence-electron chi connectivity index (χ3n) is 22.1. The van der Waals surface area contributed by atoms with Crippen molar-refractivity contribution in [2.75, 3.05) is 163 Å². The van der Waals surface area contributed by atoms with Gasteiger partial charge in [0.2, 0.25) is 17.6 Å². The number of H-pyrrole nitrogens is 3. The summed E-state index contributed by atoms with van der Waals surface area (Å²) in [6.07, 6.45) is 1.60. The van der Waals surface area contributed by atoms with Crippen LogP contribution in [0.2, 0.25) is 0 Å². The van der Waals surface area contributed by atoms with Crippen LogP contribution in [0.15, 0.2) is 128 Å². The lowest BCUT2D eigenvalue weighted by molar-refractivity contribution is -0.137. The highest BCUT2D eigenvalue weighted by atomic mass is 19.4. The van der Waals surface area contributed by atoms with Crippen LogP contribution in [0.4, 0.5) is 82.3 Å². The summed E-state index contributed by atoms with van der Waals surface area (Å²) in [4.78, 5) is 90.3. The Bertz CT molecular complexity index is 5830. The number of likely N-dealkylation sites (tertiary alicyclic amines) is 3. The molecular formula is C85H88F7N21O7. The number of amides is 3. The molecule has 28 nitrogen and oxygen atoms in total. The molecule has 120 heavy (non-hydrogen) atoms. The highest BCUT2D eigenvalue weighted by Gasteiger charge is 2.38. The van der Waals surface area contributed by atoms with Crippen LogP contribution in [0.25, 0.3) is 32.7 Å². The normalized spacial score (nSPS) is 15.8. The number of fused-ring (bicyclic) bond motifs is 3. The first kappa shape index (κ1) is 80.9. The van der Waals surface area contributed by atoms with Crippen LogP contribution < -0.4 is 50.2 Å². The van der Waals surface area contributed by atoms with Crippen molar-refractivity contribution in [1.29, 1.82) is 0 Å². The highest BCUT2D eigenvalue weighted by molar-refractivity contribution is 6.04. The number of aliphatic hydroxyl groups is 1. The van der Waals surface area contributed by atoms with E-state index in [0.717, 1.165) is 107 Å². The SMILES string of the molecule is Cc1cc2c(F)c(Oc3ncnc(Nc4ccc(N5CCN(C)CC5)c(C(F)(F)F)c4)c3C(=O)N3CCC3)ccc2[nH]1.Cc1cc2c(F)c(Oc3ncnc(Nc4ccc(N5CCN(C)CC5)cc4CO)c3C(=O)N3CCC3)ccc2[nH]1.Cc1cc2c(F)c(Oc3ncnc(Nc4ccc(N5CCNCC5)c(F)c4)c3C(=O)N3CCC3)ccc2[nH]1. The number of aliphatic hydroxyl groups excluding tert-OH is 1. The summed E-state index contributed by atoms with van der Waals surface area (Å²) >= 11 is 0. The van der Waals surface area contributed by atoms with Gasteiger partial charge in [0.15, 0.2) is 52.2 Å². The van der Waals surface area contributed by atoms with Crippen molar-refractivity contribution < 1.29 is 64.4 Å². The Morgan fingerprint density at radius 2 is 0.833 bits per heavy atom. The fourth-order valence-corrected chi connectivity index (χ4v) is 15.1. The Morgan fingerprint density at radius 3 is 1.23 bits per heavy atom. The van der Waals surface area contributed by atoms with Gasteiger partial charge in [0.1, 0.15) is 41.5 Å². The number of benzene rings is 6. The summed E-state index contributed by atoms with van der Waals surface area (Å²) in [6, 6.07) is 29.2. The van der Waals surface area contributed by atoms with Gasteiger partial charge in [-0.05, 0) is 163 Å². The van der Waals surface area contributed by atoms with Gasteiger partial charge >= 0.3 is 6.18 Å². The van der Waals surface area contributed by atoms with Gasteiger partial charge in [0, 0.05) is 202 Å². The number of anilines is 9. The summed E-state index contributed by atoms with van der Waals surface area (Å²) in [6.45, 7) is 17.7. The van der Waals surface area contributed by atoms with Crippen molar-refractivity contribution in [2.45, 2.75) is 52.8 Å². The Labute approximate surface area is 684 Å². The first-order valence-corrected chi connectivity index (χ1v) is 39.7. The maximum Gasteiger partial charge on any atom is 0.418 e. The summed E-state index contributed by atoms with van der Waals surface area (Å²) in [5.41, 5.74) is 6.96. The largest absolute Gasteiger partial charge is 0.435 e. The Kier molecular flexibility index (Phi) is 23.3. The number of halogens is 7. The predicted octanol–water partition coefficient (Wildman–Crippen LogP) is 13.9. The van der Waals surface area contributed by atoms with E-state index in [1.807, 2.05) is 44.0 Å². The summed E-state index contributed by atoms with van der Waals surface area (Å²) in [5.74, 6) is -3.49. The second-order valence-electron chi connectivity index (χ2n) is 30.4. The molecule has 18 rings (SSSR count). The third-order valence-corrected chi connectivity index (χ3v) is 22.1. The van der Waals surface area contributed by atoms with Gasteiger partial charge in [-0.15, -0.1) is 0 Å². The van der Waals surface area contributed by atoms with Crippen LogP contribution in [-0.4, -0.2) is 224 Å². The minimum Gasteiger partial charge on any atom is -0.435 e. The number of nitrogens with zero attached hydrogens (tertiary/aromatic N) is 14. The van der Waals surface area contributed by atoms with Crippen LogP contribution in [0.3, 0.4) is 0 Å². The van der Waals surface area contributed by atoms with Crippen LogP contribution in [-0.2, 0) is 12.8 Å². The van der Waals surface area contributed by atoms with Crippen LogP contribution in [0, 0.1) is 44.0 Å². The lowest BCUT2D eigenvalue weighted by Crippen LogP contribution is -2.45. The molecule has 6 aromatic carbocycles. The number of aryl methyl sites for hydroxylation is 3. The van der Waals surface area contributed by atoms with Crippen molar-refractivity contribution in [1.82, 2.24) is 74.7 Å². The fraction of sp³-hybridized carbons (Fsp3) is 0.329. The van der Waals surface area contributed by atoms with E-state index in [1.54, 1.807) is 75.1 Å². The molecule has 6 aromatic heterocycles. The van der Waals surface area contributed by atoms with Gasteiger partial charge in [0.05, 0.1) is 17.9 Å². The zero-order valence-electron chi connectivity index (χ0n) is 66.5. The van der Waals surface area contributed by atoms with Gasteiger partial charge < -0.3 is 94.7 Å². The lowest BCUT2D eigenvalue weighted by atomic mass is 10.1. The molecule has 6 aliphatic heterocycles. The van der Waals surface area contributed by atoms with E-state index < -0.39 is 35.1 Å². The summed E-state index contributed by atoms with van der Waals surface area (Å²) in [5, 5.41) is 23.7. The molecule has 8 N–H and O–H groups in total. The number of carbonyl (C=O) groups is 3. The van der Waals surface area contributed by atoms with Crippen molar-refractivity contribution in [3.63, 3.8) is 0 Å². The maximum atomic E-state index is 15.4. The van der Waals surface area contributed by atoms with E-state index in [4.69, 9.17) is 14.2 Å². The van der Waals surface area contributed by atoms with Crippen LogP contribution >= 0.6 is 0 Å². The maximum absolute atomic E-state index is 15.4. The first-order valence-electron chi connectivity index (χ1n) is 39.7. The molecule has 0 bridgehead atoms. The lowest BCUT2D eigenvalue weighted by Gasteiger charge is -2.35. The van der Waals surface area contributed by atoms with E-state index >= 15 is 17.6 Å². The average molecular weight is 1650 g/mol. The fourth-order valence-electron chi connectivity index (χ4n) is 15.1. The number of rotatable bonds is 19. The zero-order chi connectivity index (χ0) is 83.6. The quantitative estimate of drug-likeness (QED) is 0.0349. The van der Waals surface area contributed by atoms with E-state index in [-0.39, 0.29) is 105 Å². The molecule has 6 aliphatic rings. The monoisotopic (exact) mass is 1650 g/mol. The van der Waals surface area contributed by atoms with Crippen molar-refractivity contribution in [2.24, 2.45) is 0 Å². The molecule has 12 aromatic rings. The van der Waals surface area contributed by atoms with Crippen molar-refractivity contribution in [3.05, 3.63) is 196 Å². The van der Waals surface area contributed by atoms with E-state index in [2.05, 4.69) is 87.9 Å². The van der Waals surface area contributed by atoms with Crippen LogP contribution in [0.1, 0.15) is 78.5 Å². The Balaban J connectivity index is 0.000000134. The van der Waals surface area contributed by atoms with Crippen molar-refractivity contribution >= 4 is 102 Å². The standard InChI is InChI=1S/C29H29F4N7O2.C29H32FN7O3.C27H27F2N7O2/c1-17-14-19-21(36-17)5-7-23(25(19)30)42-27-24(28(41)40-8-3-9-40)26(34-16-35-27)37-18-4-6-22(20(15-18)29(31,32)33)39-12-10-38(2)11-13-39;1-18-14-21-23(33-18)6-7-24(26(21)30)40-28-25(29(39)37-8-3-9-37)27(31-17-32-28)34-22-5-4-20(15-19(22)16-38)36-12-10-35(2)11-13-36;1-16-13-18-20(33-16)4-6-22(24(18)29)38-26-23(27(37)36-9-2-10-36)25(31-15-32-26)34-17-3-5-21(19(28)14-17)35-11-7-30-8-12-35/h4-7,14-16,36H,3,8-13H2,1-2H3,(H,34,35,37);4-7,14-15,17,33,38H,3,8-13,16H2,1-2H3,(H,31,32,34);3-6,13-15,30,33H,2,7-12H2,1H3,(H,31,32,34). The Hall–Kier alpha value is -12.9. The van der Waals surface area contributed by atoms with Gasteiger partial charge in [-0.1, -0.05) is 0 Å². The second-order valence-corrected chi connectivity index (χ2v) is 30.4. The topological polar surface area (TPSA) is 298 Å². The molecule has 624 valence electrons. The van der Waals surface area contributed by atoms with Gasteiger partial charge in [-0.2, -0.15) is 13.2 Å². The minimum absolute atomic E-state index is 0.0404. The molecule has 0 radical (unpaired) electrons. The number of nitrogens with one attached hydrogen (secondary N) is 7. The van der Waals surface area contributed by atoms with Gasteiger partial charge in [-0.3, -0.25) is 14.4 Å². The molecule has 12 heterocycles. The average Bonchev–Trinajstić information content (AvgIpc) is 0.865. The van der Waals surface area contributed by atoms with Gasteiger partial charge in [0.25, 0.3) is 17.7 Å². The summed E-state index contributed by atoms with van der Waals surface area (Å²) < 4.78 is 121. The predicted molar refractivity (Wildman–Crippen MR) is 441 cm³/mol. The number of alkyl halides is 3. The molecule has 0 unspecified atom stereocenters. The van der Waals surface area contributed by atoms with Crippen LogP contribution in [0.5, 0.6) is 34.9 Å². The molecule has 6 saturated heterocycles. The molecule has 6 fully saturated rings.